The van der Waals surface area contributed by atoms with E-state index in [1.807, 2.05) is 27.7 Å². The van der Waals surface area contributed by atoms with Crippen LogP contribution in [-0.4, -0.2) is 63.3 Å². The summed E-state index contributed by atoms with van der Waals surface area (Å²) in [5.74, 6) is -3.38. The van der Waals surface area contributed by atoms with Gasteiger partial charge in [0.25, 0.3) is 5.91 Å². The monoisotopic (exact) mass is 713 g/mol. The van der Waals surface area contributed by atoms with Crippen molar-refractivity contribution >= 4 is 23.8 Å². The number of esters is 2. The molecule has 0 spiro atoms. The number of hydrogen-bond donors (Lipinski definition) is 1. The maximum Gasteiger partial charge on any atom is 0.417 e. The molecule has 2 amide bonds. The molecule has 0 saturated heterocycles. The number of alkyl halides is 3. The Bertz CT molecular complexity index is 1330. The van der Waals surface area contributed by atoms with Crippen LogP contribution in [0.5, 0.6) is 0 Å². The summed E-state index contributed by atoms with van der Waals surface area (Å²) < 4.78 is 52.4. The van der Waals surface area contributed by atoms with Crippen LogP contribution < -0.4 is 0 Å². The summed E-state index contributed by atoms with van der Waals surface area (Å²) in [4.78, 5) is 57.4. The molecule has 8 nitrogen and oxygen atoms in total. The SMILES string of the molecule is CCCC(CC(C)(O)C(F)(F)F)OC(=O)C(C)(CC)CC(C)(CC(C)C(=O)OC(C)(C)C(C)(C)C)C(=O)N(C(=O)c1ccc(C)cc1)C(C)C. The Hall–Kier alpha value is -2.95. The second-order valence-corrected chi connectivity index (χ2v) is 16.7. The zero-order valence-corrected chi connectivity index (χ0v) is 32.8. The van der Waals surface area contributed by atoms with Crippen molar-refractivity contribution in [1.29, 1.82) is 0 Å². The molecule has 1 rings (SSSR count). The predicted octanol–water partition coefficient (Wildman–Crippen LogP) is 8.99. The molecular formula is C39H62F3NO7. The molecule has 0 saturated carbocycles. The lowest BCUT2D eigenvalue weighted by Crippen LogP contribution is -2.52. The topological polar surface area (TPSA) is 110 Å². The molecule has 1 aromatic carbocycles. The van der Waals surface area contributed by atoms with Crippen LogP contribution in [0.2, 0.25) is 0 Å². The third kappa shape index (κ3) is 11.3. The van der Waals surface area contributed by atoms with Crippen molar-refractivity contribution in [3.05, 3.63) is 35.4 Å². The molecule has 1 aromatic rings. The Morgan fingerprint density at radius 3 is 1.78 bits per heavy atom. The first-order valence-electron chi connectivity index (χ1n) is 17.7. The number of nitrogens with zero attached hydrogens (tertiary/aromatic N) is 1. The highest BCUT2D eigenvalue weighted by molar-refractivity contribution is 6.06. The number of ether oxygens (including phenoxy) is 2. The molecule has 0 aliphatic heterocycles. The third-order valence-corrected chi connectivity index (χ3v) is 10.3. The molecular weight excluding hydrogens is 651 g/mol. The zero-order chi connectivity index (χ0) is 39.3. The van der Waals surface area contributed by atoms with Crippen LogP contribution in [0.15, 0.2) is 24.3 Å². The minimum absolute atomic E-state index is 0.0760. The smallest absolute Gasteiger partial charge is 0.417 e. The second kappa shape index (κ2) is 16.6. The molecule has 0 bridgehead atoms. The Morgan fingerprint density at radius 1 is 0.840 bits per heavy atom. The van der Waals surface area contributed by atoms with E-state index in [1.54, 1.807) is 86.6 Å². The first-order valence-corrected chi connectivity index (χ1v) is 17.7. The van der Waals surface area contributed by atoms with Crippen molar-refractivity contribution in [1.82, 2.24) is 4.90 Å². The average Bonchev–Trinajstić information content (AvgIpc) is 2.95. The number of aliphatic hydroxyl groups is 1. The molecule has 0 heterocycles. The summed E-state index contributed by atoms with van der Waals surface area (Å²) in [7, 11) is 0. The van der Waals surface area contributed by atoms with Crippen LogP contribution in [-0.2, 0) is 23.9 Å². The minimum Gasteiger partial charge on any atom is -0.462 e. The van der Waals surface area contributed by atoms with Crippen molar-refractivity contribution in [2.24, 2.45) is 22.2 Å². The Balaban J connectivity index is 3.71. The number of halogens is 3. The highest BCUT2D eigenvalue weighted by Gasteiger charge is 2.53. The number of hydrogen-bond acceptors (Lipinski definition) is 7. The highest BCUT2D eigenvalue weighted by Crippen LogP contribution is 2.45. The largest absolute Gasteiger partial charge is 0.462 e. The summed E-state index contributed by atoms with van der Waals surface area (Å²) in [6, 6.07) is 6.18. The Labute approximate surface area is 297 Å². The fraction of sp³-hybridized carbons (Fsp3) is 0.744. The lowest BCUT2D eigenvalue weighted by atomic mass is 9.67. The molecule has 50 heavy (non-hydrogen) atoms. The van der Waals surface area contributed by atoms with Gasteiger partial charge in [-0.25, -0.2) is 0 Å². The van der Waals surface area contributed by atoms with Crippen LogP contribution in [0.3, 0.4) is 0 Å². The van der Waals surface area contributed by atoms with Gasteiger partial charge >= 0.3 is 18.1 Å². The van der Waals surface area contributed by atoms with Crippen LogP contribution in [0.25, 0.3) is 0 Å². The van der Waals surface area contributed by atoms with Crippen molar-refractivity contribution in [2.75, 3.05) is 0 Å². The van der Waals surface area contributed by atoms with Crippen LogP contribution >= 0.6 is 0 Å². The van der Waals surface area contributed by atoms with Crippen molar-refractivity contribution in [3.8, 4) is 0 Å². The Morgan fingerprint density at radius 2 is 1.36 bits per heavy atom. The molecule has 11 heteroatoms. The number of aryl methyl sites for hydroxylation is 1. The van der Waals surface area contributed by atoms with E-state index in [2.05, 4.69) is 0 Å². The van der Waals surface area contributed by atoms with Crippen LogP contribution in [0.4, 0.5) is 13.2 Å². The zero-order valence-electron chi connectivity index (χ0n) is 32.8. The van der Waals surface area contributed by atoms with E-state index in [-0.39, 0.29) is 31.2 Å². The summed E-state index contributed by atoms with van der Waals surface area (Å²) in [5.41, 5.74) is -6.10. The van der Waals surface area contributed by atoms with E-state index in [0.717, 1.165) is 10.5 Å². The maximum absolute atomic E-state index is 14.8. The van der Waals surface area contributed by atoms with E-state index < -0.39 is 81.9 Å². The molecule has 0 fully saturated rings. The van der Waals surface area contributed by atoms with Gasteiger partial charge in [0.05, 0.1) is 11.3 Å². The first kappa shape index (κ1) is 45.1. The fourth-order valence-electron chi connectivity index (χ4n) is 5.77. The van der Waals surface area contributed by atoms with Crippen LogP contribution in [0.1, 0.15) is 144 Å². The summed E-state index contributed by atoms with van der Waals surface area (Å²) in [6.45, 7) is 23.6. The number of carbonyl (C=O) groups is 4. The standard InChI is InChI=1S/C39H62F3NO7/c1-15-17-29(23-38(14,48)39(40,41)42)49-33(47)36(12,16-2)24-37(13,22-27(6)31(45)50-35(10,11)34(7,8)9)32(46)43(25(3)4)30(44)28-20-18-26(5)19-21-28/h18-21,25,27,29,48H,15-17,22-24H2,1-14H3. The number of amides is 2. The molecule has 5 unspecified atom stereocenters. The molecule has 0 aliphatic rings. The van der Waals surface area contributed by atoms with Crippen molar-refractivity contribution in [3.63, 3.8) is 0 Å². The maximum atomic E-state index is 14.8. The number of benzene rings is 1. The van der Waals surface area contributed by atoms with E-state index in [1.165, 1.54) is 0 Å². The van der Waals surface area contributed by atoms with Gasteiger partial charge in [0.1, 0.15) is 11.7 Å². The van der Waals surface area contributed by atoms with Gasteiger partial charge < -0.3 is 14.6 Å². The minimum atomic E-state index is -4.94. The van der Waals surface area contributed by atoms with Gasteiger partial charge in [-0.2, -0.15) is 13.2 Å². The summed E-state index contributed by atoms with van der Waals surface area (Å²) in [6.07, 6.45) is -6.74. The quantitative estimate of drug-likeness (QED) is 0.170. The summed E-state index contributed by atoms with van der Waals surface area (Å²) in [5, 5.41) is 10.2. The van der Waals surface area contributed by atoms with E-state index in [4.69, 9.17) is 9.47 Å². The van der Waals surface area contributed by atoms with Crippen molar-refractivity contribution < 1.29 is 46.9 Å². The predicted molar refractivity (Wildman–Crippen MR) is 188 cm³/mol. The van der Waals surface area contributed by atoms with Gasteiger partial charge in [0.2, 0.25) is 5.91 Å². The van der Waals surface area contributed by atoms with Gasteiger partial charge in [0.15, 0.2) is 5.60 Å². The molecule has 286 valence electrons. The van der Waals surface area contributed by atoms with Gasteiger partial charge in [-0.3, -0.25) is 24.1 Å². The van der Waals surface area contributed by atoms with E-state index in [0.29, 0.717) is 13.3 Å². The van der Waals surface area contributed by atoms with Crippen LogP contribution in [0, 0.1) is 29.1 Å². The van der Waals surface area contributed by atoms with Gasteiger partial charge in [0, 0.05) is 28.9 Å². The average molecular weight is 714 g/mol. The van der Waals surface area contributed by atoms with Gasteiger partial charge in [-0.1, -0.05) is 72.6 Å². The molecule has 0 aliphatic carbocycles. The number of imide groups is 1. The molecule has 1 N–H and O–H groups in total. The third-order valence-electron chi connectivity index (χ3n) is 10.3. The van der Waals surface area contributed by atoms with Crippen molar-refractivity contribution in [2.45, 2.75) is 165 Å². The highest BCUT2D eigenvalue weighted by atomic mass is 19.4. The lowest BCUT2D eigenvalue weighted by Gasteiger charge is -2.42. The first-order chi connectivity index (χ1) is 22.5. The molecule has 5 atom stereocenters. The summed E-state index contributed by atoms with van der Waals surface area (Å²) >= 11 is 0. The molecule has 0 aromatic heterocycles. The second-order valence-electron chi connectivity index (χ2n) is 16.7. The van der Waals surface area contributed by atoms with E-state index in [9.17, 15) is 37.5 Å². The Kier molecular flexibility index (Phi) is 15.0. The number of rotatable bonds is 16. The van der Waals surface area contributed by atoms with E-state index >= 15 is 0 Å². The fourth-order valence-corrected chi connectivity index (χ4v) is 5.77. The van der Waals surface area contributed by atoms with Gasteiger partial charge in [-0.05, 0) is 86.3 Å². The number of carbonyl (C=O) groups excluding carboxylic acids is 4. The van der Waals surface area contributed by atoms with Gasteiger partial charge in [-0.15, -0.1) is 0 Å². The molecule has 0 radical (unpaired) electrons. The normalized spacial score (nSPS) is 17.5. The lowest BCUT2D eigenvalue weighted by molar-refractivity contribution is -0.262.